The predicted octanol–water partition coefficient (Wildman–Crippen LogP) is 3.54. The fourth-order valence-electron chi connectivity index (χ4n) is 1.42. The topological polar surface area (TPSA) is 35.5 Å². The van der Waals surface area contributed by atoms with Gasteiger partial charge in [-0.2, -0.15) is 0 Å². The fourth-order valence-corrected chi connectivity index (χ4v) is 2.74. The molecular formula is C11H17O3P. The normalized spacial score (nSPS) is 13.9. The SMILES string of the molecule is COP(=O)(OC)[C@@H](C)c1ccc(C)cc1. The van der Waals surface area contributed by atoms with Crippen LogP contribution in [0.2, 0.25) is 0 Å². The molecule has 0 unspecified atom stereocenters. The van der Waals surface area contributed by atoms with Gasteiger partial charge in [-0.3, -0.25) is 4.57 Å². The molecule has 0 aromatic heterocycles. The highest BCUT2D eigenvalue weighted by molar-refractivity contribution is 7.54. The summed E-state index contributed by atoms with van der Waals surface area (Å²) in [6, 6.07) is 7.87. The highest BCUT2D eigenvalue weighted by Crippen LogP contribution is 2.59. The standard InChI is InChI=1S/C11H17O3P/c1-9-5-7-11(8-6-9)10(2)15(12,13-3)14-4/h5-8,10H,1-4H3/t10-/m0/s1. The lowest BCUT2D eigenvalue weighted by molar-refractivity contribution is 0.267. The van der Waals surface area contributed by atoms with Gasteiger partial charge in [-0.1, -0.05) is 29.8 Å². The average molecular weight is 228 g/mol. The molecule has 1 atom stereocenters. The molecule has 0 saturated heterocycles. The van der Waals surface area contributed by atoms with E-state index in [0.29, 0.717) is 0 Å². The maximum atomic E-state index is 12.1. The Labute approximate surface area is 90.9 Å². The summed E-state index contributed by atoms with van der Waals surface area (Å²) in [4.78, 5) is 0. The maximum Gasteiger partial charge on any atom is 0.337 e. The lowest BCUT2D eigenvalue weighted by Gasteiger charge is -2.21. The quantitative estimate of drug-likeness (QED) is 0.739. The van der Waals surface area contributed by atoms with Gasteiger partial charge in [0.15, 0.2) is 0 Å². The first-order valence-corrected chi connectivity index (χ1v) is 6.42. The first kappa shape index (κ1) is 12.4. The molecule has 0 bridgehead atoms. The van der Waals surface area contributed by atoms with E-state index in [1.165, 1.54) is 19.8 Å². The molecule has 0 aliphatic heterocycles. The third-order valence-electron chi connectivity index (χ3n) is 2.54. The van der Waals surface area contributed by atoms with Crippen LogP contribution in [0.25, 0.3) is 0 Å². The second kappa shape index (κ2) is 4.93. The molecule has 1 aromatic rings. The van der Waals surface area contributed by atoms with Gasteiger partial charge in [-0.25, -0.2) is 0 Å². The van der Waals surface area contributed by atoms with Gasteiger partial charge in [0.25, 0.3) is 0 Å². The summed E-state index contributed by atoms with van der Waals surface area (Å²) in [5.74, 6) is 0. The summed E-state index contributed by atoms with van der Waals surface area (Å²) < 4.78 is 22.0. The molecule has 1 rings (SSSR count). The minimum atomic E-state index is -3.01. The van der Waals surface area contributed by atoms with Crippen molar-refractivity contribution in [1.82, 2.24) is 0 Å². The average Bonchev–Trinajstić information content (AvgIpc) is 2.28. The van der Waals surface area contributed by atoms with Crippen LogP contribution in [-0.2, 0) is 13.6 Å². The molecule has 1 aromatic carbocycles. The number of hydrogen-bond acceptors (Lipinski definition) is 3. The predicted molar refractivity (Wildman–Crippen MR) is 61.2 cm³/mol. The first-order valence-electron chi connectivity index (χ1n) is 4.81. The molecule has 3 nitrogen and oxygen atoms in total. The Bertz CT molecular complexity index is 351. The Morgan fingerprint density at radius 1 is 1.13 bits per heavy atom. The van der Waals surface area contributed by atoms with Gasteiger partial charge >= 0.3 is 7.60 Å². The summed E-state index contributed by atoms with van der Waals surface area (Å²) in [6.45, 7) is 3.86. The van der Waals surface area contributed by atoms with Crippen molar-refractivity contribution in [2.45, 2.75) is 19.5 Å². The van der Waals surface area contributed by atoms with Crippen LogP contribution in [0.4, 0.5) is 0 Å². The van der Waals surface area contributed by atoms with E-state index in [0.717, 1.165) is 5.56 Å². The van der Waals surface area contributed by atoms with Gasteiger partial charge < -0.3 is 9.05 Å². The zero-order valence-corrected chi connectivity index (χ0v) is 10.5. The van der Waals surface area contributed by atoms with Crippen molar-refractivity contribution in [1.29, 1.82) is 0 Å². The summed E-state index contributed by atoms with van der Waals surface area (Å²) >= 11 is 0. The van der Waals surface area contributed by atoms with Crippen molar-refractivity contribution in [2.75, 3.05) is 14.2 Å². The van der Waals surface area contributed by atoms with E-state index in [-0.39, 0.29) is 5.66 Å². The van der Waals surface area contributed by atoms with Crippen LogP contribution in [0.15, 0.2) is 24.3 Å². The Morgan fingerprint density at radius 3 is 2.00 bits per heavy atom. The summed E-state index contributed by atoms with van der Waals surface area (Å²) in [6.07, 6.45) is 0. The van der Waals surface area contributed by atoms with E-state index >= 15 is 0 Å². The van der Waals surface area contributed by atoms with Crippen molar-refractivity contribution in [3.8, 4) is 0 Å². The van der Waals surface area contributed by atoms with Gasteiger partial charge in [0.05, 0.1) is 5.66 Å². The number of rotatable bonds is 4. The molecule has 0 N–H and O–H groups in total. The van der Waals surface area contributed by atoms with E-state index in [1.807, 2.05) is 38.1 Å². The van der Waals surface area contributed by atoms with E-state index in [1.54, 1.807) is 0 Å². The zero-order valence-electron chi connectivity index (χ0n) is 9.56. The molecule has 0 aliphatic carbocycles. The summed E-state index contributed by atoms with van der Waals surface area (Å²) in [5.41, 5.74) is 1.90. The van der Waals surface area contributed by atoms with Crippen LogP contribution in [0, 0.1) is 6.92 Å². The van der Waals surface area contributed by atoms with Gasteiger partial charge in [-0.05, 0) is 19.4 Å². The zero-order chi connectivity index (χ0) is 11.5. The molecule has 0 heterocycles. The molecule has 84 valence electrons. The molecule has 0 amide bonds. The van der Waals surface area contributed by atoms with Crippen LogP contribution in [0.5, 0.6) is 0 Å². The monoisotopic (exact) mass is 228 g/mol. The first-order chi connectivity index (χ1) is 7.03. The van der Waals surface area contributed by atoms with Gasteiger partial charge in [0.2, 0.25) is 0 Å². The Kier molecular flexibility index (Phi) is 4.09. The highest BCUT2D eigenvalue weighted by atomic mass is 31.2. The summed E-state index contributed by atoms with van der Waals surface area (Å²) in [5, 5.41) is 0. The second-order valence-corrected chi connectivity index (χ2v) is 6.08. The van der Waals surface area contributed by atoms with Crippen LogP contribution in [0.1, 0.15) is 23.7 Å². The van der Waals surface area contributed by atoms with Gasteiger partial charge in [0, 0.05) is 14.2 Å². The van der Waals surface area contributed by atoms with Gasteiger partial charge in [-0.15, -0.1) is 0 Å². The fraction of sp³-hybridized carbons (Fsp3) is 0.455. The smallest absolute Gasteiger partial charge is 0.312 e. The Morgan fingerprint density at radius 2 is 1.60 bits per heavy atom. The molecule has 15 heavy (non-hydrogen) atoms. The molecule has 0 fully saturated rings. The maximum absolute atomic E-state index is 12.1. The van der Waals surface area contributed by atoms with Crippen LogP contribution < -0.4 is 0 Å². The molecule has 0 spiro atoms. The number of hydrogen-bond donors (Lipinski definition) is 0. The molecule has 0 saturated carbocycles. The van der Waals surface area contributed by atoms with E-state index in [9.17, 15) is 4.57 Å². The molecule has 4 heteroatoms. The minimum absolute atomic E-state index is 0.243. The second-order valence-electron chi connectivity index (χ2n) is 3.49. The number of aryl methyl sites for hydroxylation is 1. The lowest BCUT2D eigenvalue weighted by atomic mass is 10.1. The third kappa shape index (κ3) is 2.69. The van der Waals surface area contributed by atoms with Crippen LogP contribution in [0.3, 0.4) is 0 Å². The minimum Gasteiger partial charge on any atom is -0.312 e. The Balaban J connectivity index is 2.98. The van der Waals surface area contributed by atoms with E-state index in [4.69, 9.17) is 9.05 Å². The van der Waals surface area contributed by atoms with Crippen LogP contribution >= 0.6 is 7.60 Å². The van der Waals surface area contributed by atoms with Crippen molar-refractivity contribution < 1.29 is 13.6 Å². The van der Waals surface area contributed by atoms with Crippen molar-refractivity contribution in [3.05, 3.63) is 35.4 Å². The summed E-state index contributed by atoms with van der Waals surface area (Å²) in [7, 11) is -0.186. The Hall–Kier alpha value is -0.630. The van der Waals surface area contributed by atoms with Crippen molar-refractivity contribution in [3.63, 3.8) is 0 Å². The van der Waals surface area contributed by atoms with Crippen molar-refractivity contribution in [2.24, 2.45) is 0 Å². The third-order valence-corrected chi connectivity index (χ3v) is 4.81. The van der Waals surface area contributed by atoms with E-state index < -0.39 is 7.60 Å². The lowest BCUT2D eigenvalue weighted by Crippen LogP contribution is -1.99. The molecular weight excluding hydrogens is 211 g/mol. The molecule has 0 radical (unpaired) electrons. The van der Waals surface area contributed by atoms with Crippen LogP contribution in [-0.4, -0.2) is 14.2 Å². The largest absolute Gasteiger partial charge is 0.337 e. The highest BCUT2D eigenvalue weighted by Gasteiger charge is 2.31. The van der Waals surface area contributed by atoms with Crippen molar-refractivity contribution >= 4 is 7.60 Å². The number of benzene rings is 1. The van der Waals surface area contributed by atoms with E-state index in [2.05, 4.69) is 0 Å². The molecule has 0 aliphatic rings. The van der Waals surface area contributed by atoms with Gasteiger partial charge in [0.1, 0.15) is 0 Å².